The zero-order valence-electron chi connectivity index (χ0n) is 16.9. The Morgan fingerprint density at radius 1 is 1.00 bits per heavy atom. The maximum atomic E-state index is 6.10. The Bertz CT molecular complexity index is 913. The Kier molecular flexibility index (Phi) is 7.24. The van der Waals surface area contributed by atoms with Crippen molar-refractivity contribution in [1.82, 2.24) is 14.9 Å². The summed E-state index contributed by atoms with van der Waals surface area (Å²) in [6.07, 6.45) is 0. The lowest BCUT2D eigenvalue weighted by Crippen LogP contribution is -2.16. The van der Waals surface area contributed by atoms with Crippen molar-refractivity contribution in [3.63, 3.8) is 0 Å². The molecule has 2 N–H and O–H groups in total. The van der Waals surface area contributed by atoms with Crippen LogP contribution in [0.25, 0.3) is 0 Å². The number of benzene rings is 2. The first-order chi connectivity index (χ1) is 14.1. The summed E-state index contributed by atoms with van der Waals surface area (Å²) < 4.78 is 18.3. The lowest BCUT2D eigenvalue weighted by molar-refractivity contribution is 0.291. The van der Waals surface area contributed by atoms with Crippen LogP contribution >= 0.6 is 11.8 Å². The second-order valence-electron chi connectivity index (χ2n) is 6.63. The van der Waals surface area contributed by atoms with Crippen molar-refractivity contribution >= 4 is 11.8 Å². The SMILES string of the molecule is COc1ccccc1OCCSc1nnc(COc2ccc(C(C)C)cc2)n1N. The molecule has 154 valence electrons. The molecule has 29 heavy (non-hydrogen) atoms. The van der Waals surface area contributed by atoms with Gasteiger partial charge in [-0.15, -0.1) is 10.2 Å². The summed E-state index contributed by atoms with van der Waals surface area (Å²) in [6, 6.07) is 15.6. The van der Waals surface area contributed by atoms with E-state index in [2.05, 4.69) is 36.2 Å². The van der Waals surface area contributed by atoms with Crippen LogP contribution in [0.3, 0.4) is 0 Å². The molecule has 0 saturated heterocycles. The van der Waals surface area contributed by atoms with Gasteiger partial charge in [0.1, 0.15) is 12.4 Å². The quantitative estimate of drug-likeness (QED) is 0.306. The third-order valence-corrected chi connectivity index (χ3v) is 5.20. The fraction of sp³-hybridized carbons (Fsp3) is 0.333. The van der Waals surface area contributed by atoms with Crippen molar-refractivity contribution in [3.8, 4) is 17.2 Å². The number of hydrogen-bond donors (Lipinski definition) is 1. The summed E-state index contributed by atoms with van der Waals surface area (Å²) in [7, 11) is 1.62. The molecule has 3 aromatic rings. The van der Waals surface area contributed by atoms with E-state index in [1.807, 2.05) is 36.4 Å². The van der Waals surface area contributed by atoms with Crippen molar-refractivity contribution < 1.29 is 14.2 Å². The van der Waals surface area contributed by atoms with Gasteiger partial charge >= 0.3 is 0 Å². The highest BCUT2D eigenvalue weighted by molar-refractivity contribution is 7.99. The minimum Gasteiger partial charge on any atom is -0.493 e. The zero-order valence-corrected chi connectivity index (χ0v) is 17.7. The van der Waals surface area contributed by atoms with Gasteiger partial charge in [0.25, 0.3) is 0 Å². The number of ether oxygens (including phenoxy) is 3. The maximum absolute atomic E-state index is 6.10. The minimum atomic E-state index is 0.253. The Morgan fingerprint density at radius 2 is 1.72 bits per heavy atom. The van der Waals surface area contributed by atoms with Gasteiger partial charge < -0.3 is 20.1 Å². The van der Waals surface area contributed by atoms with Crippen LogP contribution < -0.4 is 20.1 Å². The molecule has 8 heteroatoms. The summed E-state index contributed by atoms with van der Waals surface area (Å²) in [5.41, 5.74) is 1.27. The lowest BCUT2D eigenvalue weighted by Gasteiger charge is -2.10. The first-order valence-corrected chi connectivity index (χ1v) is 10.4. The second-order valence-corrected chi connectivity index (χ2v) is 7.69. The molecule has 0 bridgehead atoms. The fourth-order valence-electron chi connectivity index (χ4n) is 2.62. The molecule has 1 heterocycles. The highest BCUT2D eigenvalue weighted by Gasteiger charge is 2.11. The number of nitrogens with zero attached hydrogens (tertiary/aromatic N) is 3. The van der Waals surface area contributed by atoms with E-state index in [4.69, 9.17) is 20.1 Å². The van der Waals surface area contributed by atoms with Crippen LogP contribution in [0.4, 0.5) is 0 Å². The van der Waals surface area contributed by atoms with E-state index in [9.17, 15) is 0 Å². The van der Waals surface area contributed by atoms with E-state index in [0.29, 0.717) is 40.8 Å². The molecular formula is C21H26N4O3S. The van der Waals surface area contributed by atoms with Gasteiger partial charge in [0.2, 0.25) is 5.16 Å². The van der Waals surface area contributed by atoms with Crippen molar-refractivity contribution in [2.24, 2.45) is 0 Å². The standard InChI is InChI=1S/C21H26N4O3S/c1-15(2)16-8-10-17(11-9-16)28-14-20-23-24-21(25(20)22)29-13-12-27-19-7-5-4-6-18(19)26-3/h4-11,15H,12-14,22H2,1-3H3. The second kappa shape index (κ2) is 10.1. The van der Waals surface area contributed by atoms with Crippen molar-refractivity contribution in [2.75, 3.05) is 25.3 Å². The molecule has 7 nitrogen and oxygen atoms in total. The van der Waals surface area contributed by atoms with Gasteiger partial charge in [-0.1, -0.05) is 49.9 Å². The molecule has 0 spiro atoms. The van der Waals surface area contributed by atoms with Crippen molar-refractivity contribution in [1.29, 1.82) is 0 Å². The third kappa shape index (κ3) is 5.57. The molecule has 0 aliphatic carbocycles. The van der Waals surface area contributed by atoms with Gasteiger partial charge in [-0.3, -0.25) is 0 Å². The Balaban J connectivity index is 1.47. The Morgan fingerprint density at radius 3 is 2.41 bits per heavy atom. The Labute approximate surface area is 175 Å². The van der Waals surface area contributed by atoms with Gasteiger partial charge in [-0.2, -0.15) is 0 Å². The number of hydrogen-bond acceptors (Lipinski definition) is 7. The van der Waals surface area contributed by atoms with Crippen LogP contribution in [0.2, 0.25) is 0 Å². The molecule has 1 aromatic heterocycles. The number of rotatable bonds is 10. The molecule has 2 aromatic carbocycles. The molecule has 0 aliphatic rings. The fourth-order valence-corrected chi connectivity index (χ4v) is 3.32. The maximum Gasteiger partial charge on any atom is 0.210 e. The van der Waals surface area contributed by atoms with Crippen LogP contribution in [-0.4, -0.2) is 34.3 Å². The molecular weight excluding hydrogens is 388 g/mol. The molecule has 0 unspecified atom stereocenters. The number of para-hydroxylation sites is 2. The molecule has 0 saturated carbocycles. The normalized spacial score (nSPS) is 10.9. The smallest absolute Gasteiger partial charge is 0.210 e. The average Bonchev–Trinajstić information content (AvgIpc) is 3.09. The zero-order chi connectivity index (χ0) is 20.6. The lowest BCUT2D eigenvalue weighted by atomic mass is 10.0. The predicted octanol–water partition coefficient (Wildman–Crippen LogP) is 3.87. The van der Waals surface area contributed by atoms with Crippen LogP contribution in [0.15, 0.2) is 53.7 Å². The van der Waals surface area contributed by atoms with E-state index in [1.165, 1.54) is 22.0 Å². The number of aromatic nitrogens is 3. The van der Waals surface area contributed by atoms with Gasteiger partial charge in [0.15, 0.2) is 17.3 Å². The highest BCUT2D eigenvalue weighted by Crippen LogP contribution is 2.26. The molecule has 0 radical (unpaired) electrons. The van der Waals surface area contributed by atoms with E-state index in [-0.39, 0.29) is 6.61 Å². The van der Waals surface area contributed by atoms with Gasteiger partial charge in [-0.25, -0.2) is 4.68 Å². The minimum absolute atomic E-state index is 0.253. The van der Waals surface area contributed by atoms with E-state index < -0.39 is 0 Å². The van der Waals surface area contributed by atoms with Crippen molar-refractivity contribution in [2.45, 2.75) is 31.5 Å². The molecule has 0 atom stereocenters. The topological polar surface area (TPSA) is 84.4 Å². The average molecular weight is 415 g/mol. The highest BCUT2D eigenvalue weighted by atomic mass is 32.2. The summed E-state index contributed by atoms with van der Waals surface area (Å²) in [4.78, 5) is 0. The van der Waals surface area contributed by atoms with E-state index in [0.717, 1.165) is 5.75 Å². The monoisotopic (exact) mass is 414 g/mol. The van der Waals surface area contributed by atoms with Crippen LogP contribution in [-0.2, 0) is 6.61 Å². The van der Waals surface area contributed by atoms with Crippen molar-refractivity contribution in [3.05, 3.63) is 59.9 Å². The molecule has 0 aliphatic heterocycles. The third-order valence-electron chi connectivity index (χ3n) is 4.29. The largest absolute Gasteiger partial charge is 0.493 e. The summed E-state index contributed by atoms with van der Waals surface area (Å²) in [5, 5.41) is 8.87. The first-order valence-electron chi connectivity index (χ1n) is 9.39. The van der Waals surface area contributed by atoms with Gasteiger partial charge in [0.05, 0.1) is 13.7 Å². The van der Waals surface area contributed by atoms with Gasteiger partial charge in [-0.05, 0) is 35.7 Å². The summed E-state index contributed by atoms with van der Waals surface area (Å²) >= 11 is 1.47. The number of nitrogens with two attached hydrogens (primary N) is 1. The van der Waals surface area contributed by atoms with Crippen LogP contribution in [0.1, 0.15) is 31.2 Å². The van der Waals surface area contributed by atoms with E-state index in [1.54, 1.807) is 7.11 Å². The Hall–Kier alpha value is -2.87. The van der Waals surface area contributed by atoms with Crippen LogP contribution in [0, 0.1) is 0 Å². The molecule has 0 amide bonds. The molecule has 3 rings (SSSR count). The number of thioether (sulfide) groups is 1. The van der Waals surface area contributed by atoms with Gasteiger partial charge in [0, 0.05) is 5.75 Å². The van der Waals surface area contributed by atoms with E-state index >= 15 is 0 Å². The number of methoxy groups -OCH3 is 1. The van der Waals surface area contributed by atoms with Crippen LogP contribution in [0.5, 0.6) is 17.2 Å². The summed E-state index contributed by atoms with van der Waals surface area (Å²) in [6.45, 7) is 5.06. The first kappa shape index (κ1) is 20.9. The number of nitrogen functional groups attached to an aromatic ring is 1. The molecule has 0 fully saturated rings. The summed E-state index contributed by atoms with van der Waals surface area (Å²) in [5.74, 6) is 10.0. The predicted molar refractivity (Wildman–Crippen MR) is 114 cm³/mol.